The van der Waals surface area contributed by atoms with Gasteiger partial charge in [0.2, 0.25) is 0 Å². The van der Waals surface area contributed by atoms with Crippen molar-refractivity contribution in [2.45, 2.75) is 12.5 Å². The molecule has 0 bridgehead atoms. The second-order valence-corrected chi connectivity index (χ2v) is 6.54. The van der Waals surface area contributed by atoms with Crippen molar-refractivity contribution < 1.29 is 14.6 Å². The number of hydrogen-bond donors (Lipinski definition) is 2. The van der Waals surface area contributed by atoms with Gasteiger partial charge in [-0.1, -0.05) is 42.5 Å². The zero-order valence-electron chi connectivity index (χ0n) is 15.1. The lowest BCUT2D eigenvalue weighted by Crippen LogP contribution is -2.31. The number of nitrogens with zero attached hydrogens (tertiary/aromatic N) is 2. The Morgan fingerprint density at radius 1 is 1.15 bits per heavy atom. The van der Waals surface area contributed by atoms with Gasteiger partial charge in [-0.3, -0.25) is 9.89 Å². The fourth-order valence-electron chi connectivity index (χ4n) is 3.67. The number of hydrogen-bond acceptors (Lipinski definition) is 4. The average molecular weight is 363 g/mol. The molecule has 6 heteroatoms. The first-order valence-corrected chi connectivity index (χ1v) is 8.94. The number of aromatic amines is 1. The molecule has 2 heterocycles. The van der Waals surface area contributed by atoms with Crippen LogP contribution < -0.4 is 0 Å². The summed E-state index contributed by atoms with van der Waals surface area (Å²) >= 11 is 0. The van der Waals surface area contributed by atoms with Gasteiger partial charge in [0.25, 0.3) is 5.91 Å². The van der Waals surface area contributed by atoms with Crippen LogP contribution in [0.4, 0.5) is 0 Å². The summed E-state index contributed by atoms with van der Waals surface area (Å²) in [5.41, 5.74) is 3.53. The van der Waals surface area contributed by atoms with E-state index in [4.69, 9.17) is 4.74 Å². The summed E-state index contributed by atoms with van der Waals surface area (Å²) in [4.78, 5) is 14.9. The van der Waals surface area contributed by atoms with E-state index in [0.717, 1.165) is 17.5 Å². The molecule has 0 aliphatic carbocycles. The van der Waals surface area contributed by atoms with Gasteiger partial charge in [0.1, 0.15) is 17.1 Å². The van der Waals surface area contributed by atoms with Crippen LogP contribution in [0.2, 0.25) is 0 Å². The number of carbonyl (C=O) groups is 1. The largest absolute Gasteiger partial charge is 0.507 e. The molecule has 6 nitrogen and oxygen atoms in total. The van der Waals surface area contributed by atoms with Gasteiger partial charge in [-0.15, -0.1) is 0 Å². The molecular weight excluding hydrogens is 342 g/mol. The number of rotatable bonds is 6. The summed E-state index contributed by atoms with van der Waals surface area (Å²) in [6, 6.07) is 16.7. The number of phenolic OH excluding ortho intramolecular Hbond substituents is 1. The molecule has 3 aromatic rings. The Morgan fingerprint density at radius 2 is 1.89 bits per heavy atom. The molecule has 4 rings (SSSR count). The minimum absolute atomic E-state index is 0.0795. The number of ether oxygens (including phenoxy) is 1. The topological polar surface area (TPSA) is 78.5 Å². The molecule has 27 heavy (non-hydrogen) atoms. The Kier molecular flexibility index (Phi) is 4.64. The van der Waals surface area contributed by atoms with Gasteiger partial charge in [0.05, 0.1) is 6.04 Å². The summed E-state index contributed by atoms with van der Waals surface area (Å²) in [5.74, 6) is 0.0630. The number of aromatic nitrogens is 2. The molecule has 1 unspecified atom stereocenters. The molecule has 2 aromatic carbocycles. The number of methoxy groups -OCH3 is 1. The lowest BCUT2D eigenvalue weighted by atomic mass is 9.96. The maximum Gasteiger partial charge on any atom is 0.273 e. The maximum absolute atomic E-state index is 13.1. The third kappa shape index (κ3) is 2.98. The van der Waals surface area contributed by atoms with Crippen molar-refractivity contribution in [3.05, 3.63) is 71.4 Å². The first-order valence-electron chi connectivity index (χ1n) is 8.94. The van der Waals surface area contributed by atoms with Gasteiger partial charge in [-0.25, -0.2) is 0 Å². The van der Waals surface area contributed by atoms with Crippen LogP contribution in [0.3, 0.4) is 0 Å². The fraction of sp³-hybridized carbons (Fsp3) is 0.238. The summed E-state index contributed by atoms with van der Waals surface area (Å²) in [6.45, 7) is 1.17. The molecule has 0 radical (unpaired) electrons. The van der Waals surface area contributed by atoms with Crippen LogP contribution in [0.15, 0.2) is 54.6 Å². The highest BCUT2D eigenvalue weighted by atomic mass is 16.5. The predicted octanol–water partition coefficient (Wildman–Crippen LogP) is 3.36. The minimum Gasteiger partial charge on any atom is -0.507 e. The van der Waals surface area contributed by atoms with E-state index in [0.29, 0.717) is 30.1 Å². The third-order valence-electron chi connectivity index (χ3n) is 4.89. The summed E-state index contributed by atoms with van der Waals surface area (Å²) in [7, 11) is 1.66. The first-order chi connectivity index (χ1) is 13.2. The van der Waals surface area contributed by atoms with Gasteiger partial charge in [0, 0.05) is 31.4 Å². The lowest BCUT2D eigenvalue weighted by molar-refractivity contribution is 0.0723. The molecule has 2 N–H and O–H groups in total. The highest BCUT2D eigenvalue weighted by Gasteiger charge is 2.42. The second-order valence-electron chi connectivity index (χ2n) is 6.54. The molecule has 1 amide bonds. The summed E-state index contributed by atoms with van der Waals surface area (Å²) in [5, 5.41) is 17.6. The second kappa shape index (κ2) is 7.25. The van der Waals surface area contributed by atoms with Crippen LogP contribution in [0, 0.1) is 0 Å². The number of aromatic hydroxyl groups is 1. The number of phenols is 1. The van der Waals surface area contributed by atoms with Gasteiger partial charge < -0.3 is 14.7 Å². The number of nitrogens with one attached hydrogen (secondary N) is 1. The van der Waals surface area contributed by atoms with E-state index in [1.165, 1.54) is 0 Å². The predicted molar refractivity (Wildman–Crippen MR) is 102 cm³/mol. The van der Waals surface area contributed by atoms with E-state index in [2.05, 4.69) is 10.2 Å². The molecule has 0 spiro atoms. The van der Waals surface area contributed by atoms with Crippen LogP contribution in [0.1, 0.15) is 34.1 Å². The molecule has 1 aliphatic rings. The smallest absolute Gasteiger partial charge is 0.273 e. The first kappa shape index (κ1) is 17.3. The highest BCUT2D eigenvalue weighted by Crippen LogP contribution is 2.44. The number of para-hydroxylation sites is 1. The van der Waals surface area contributed by atoms with Crippen LogP contribution in [-0.4, -0.2) is 46.4 Å². The number of amides is 1. The molecule has 0 saturated heterocycles. The normalized spacial score (nSPS) is 16.0. The number of carbonyl (C=O) groups excluding carboxylic acids is 1. The maximum atomic E-state index is 13.1. The van der Waals surface area contributed by atoms with E-state index in [1.54, 1.807) is 19.2 Å². The Hall–Kier alpha value is -3.12. The van der Waals surface area contributed by atoms with E-state index >= 15 is 0 Å². The minimum atomic E-state index is -0.251. The van der Waals surface area contributed by atoms with Crippen LogP contribution in [-0.2, 0) is 4.74 Å². The molecule has 0 fully saturated rings. The zero-order valence-corrected chi connectivity index (χ0v) is 15.1. The highest BCUT2D eigenvalue weighted by molar-refractivity contribution is 6.00. The molecule has 1 aliphatic heterocycles. The molecule has 1 atom stereocenters. The number of fused-ring (bicyclic) bond motifs is 1. The van der Waals surface area contributed by atoms with E-state index in [-0.39, 0.29) is 17.7 Å². The summed E-state index contributed by atoms with van der Waals surface area (Å²) < 4.78 is 5.15. The van der Waals surface area contributed by atoms with Crippen molar-refractivity contribution in [2.24, 2.45) is 0 Å². The van der Waals surface area contributed by atoms with Crippen molar-refractivity contribution in [1.29, 1.82) is 0 Å². The third-order valence-corrected chi connectivity index (χ3v) is 4.89. The quantitative estimate of drug-likeness (QED) is 0.658. The monoisotopic (exact) mass is 363 g/mol. The van der Waals surface area contributed by atoms with Gasteiger partial charge in [0.15, 0.2) is 0 Å². The van der Waals surface area contributed by atoms with Gasteiger partial charge >= 0.3 is 0 Å². The van der Waals surface area contributed by atoms with Crippen LogP contribution >= 0.6 is 0 Å². The summed E-state index contributed by atoms with van der Waals surface area (Å²) in [6.07, 6.45) is 0.745. The number of benzene rings is 2. The Labute approximate surface area is 157 Å². The lowest BCUT2D eigenvalue weighted by Gasteiger charge is -2.26. The van der Waals surface area contributed by atoms with E-state index < -0.39 is 0 Å². The Bertz CT molecular complexity index is 952. The van der Waals surface area contributed by atoms with Gasteiger partial charge in [-0.05, 0) is 24.1 Å². The average Bonchev–Trinajstić information content (AvgIpc) is 3.23. The zero-order chi connectivity index (χ0) is 18.8. The van der Waals surface area contributed by atoms with Crippen molar-refractivity contribution >= 4 is 5.91 Å². The molecular formula is C21H21N3O3. The van der Waals surface area contributed by atoms with Crippen LogP contribution in [0.25, 0.3) is 11.3 Å². The van der Waals surface area contributed by atoms with E-state index in [1.807, 2.05) is 47.4 Å². The van der Waals surface area contributed by atoms with E-state index in [9.17, 15) is 9.90 Å². The fourth-order valence-corrected chi connectivity index (χ4v) is 3.67. The van der Waals surface area contributed by atoms with Crippen molar-refractivity contribution in [3.8, 4) is 17.0 Å². The van der Waals surface area contributed by atoms with Crippen molar-refractivity contribution in [2.75, 3.05) is 20.3 Å². The molecule has 0 saturated carbocycles. The molecule has 138 valence electrons. The Balaban J connectivity index is 1.83. The van der Waals surface area contributed by atoms with Crippen molar-refractivity contribution in [1.82, 2.24) is 15.1 Å². The number of H-pyrrole nitrogens is 1. The van der Waals surface area contributed by atoms with Crippen LogP contribution in [0.5, 0.6) is 5.75 Å². The Morgan fingerprint density at radius 3 is 2.63 bits per heavy atom. The van der Waals surface area contributed by atoms with Gasteiger partial charge in [-0.2, -0.15) is 5.10 Å². The van der Waals surface area contributed by atoms with Crippen molar-refractivity contribution in [3.63, 3.8) is 0 Å². The SMILES string of the molecule is COCCCN1C(=O)c2[nH]nc(-c3ccccc3O)c2C1c1ccccc1. The molecule has 1 aromatic heterocycles. The standard InChI is InChI=1S/C21H21N3O3/c1-27-13-7-12-24-20(14-8-3-2-4-9-14)17-18(22-23-19(17)21(24)26)15-10-5-6-11-16(15)25/h2-6,8-11,20,25H,7,12-13H2,1H3,(H,22,23).